The van der Waals surface area contributed by atoms with E-state index in [9.17, 15) is 9.59 Å². The van der Waals surface area contributed by atoms with E-state index in [1.807, 2.05) is 48.9 Å². The fourth-order valence-corrected chi connectivity index (χ4v) is 2.31. The average molecular weight is 343 g/mol. The molecule has 25 heavy (non-hydrogen) atoms. The number of nitrogens with one attached hydrogen (secondary N) is 2. The molecule has 1 aromatic heterocycles. The molecule has 0 radical (unpaired) electrons. The maximum atomic E-state index is 12.0. The summed E-state index contributed by atoms with van der Waals surface area (Å²) in [6, 6.07) is 7.28. The Morgan fingerprint density at radius 1 is 1.20 bits per heavy atom. The first-order valence-corrected chi connectivity index (χ1v) is 8.30. The summed E-state index contributed by atoms with van der Waals surface area (Å²) >= 11 is 0. The molecule has 2 aromatic rings. The van der Waals surface area contributed by atoms with Crippen molar-refractivity contribution >= 4 is 11.8 Å². The summed E-state index contributed by atoms with van der Waals surface area (Å²) in [5.41, 5.74) is 7.87. The summed E-state index contributed by atoms with van der Waals surface area (Å²) in [7, 11) is 0. The van der Waals surface area contributed by atoms with Crippen LogP contribution in [0.4, 0.5) is 0 Å². The summed E-state index contributed by atoms with van der Waals surface area (Å²) in [5, 5.41) is 5.39. The van der Waals surface area contributed by atoms with Gasteiger partial charge in [0, 0.05) is 25.5 Å². The molecule has 2 amide bonds. The van der Waals surface area contributed by atoms with Crippen LogP contribution in [-0.4, -0.2) is 34.0 Å². The van der Waals surface area contributed by atoms with Gasteiger partial charge in [-0.05, 0) is 17.0 Å². The number of rotatable bonds is 8. The minimum atomic E-state index is -0.608. The van der Waals surface area contributed by atoms with Crippen molar-refractivity contribution in [3.05, 3.63) is 54.1 Å². The highest BCUT2D eigenvalue weighted by atomic mass is 16.2. The molecule has 0 fully saturated rings. The molecule has 1 atom stereocenters. The van der Waals surface area contributed by atoms with Crippen molar-refractivity contribution in [3.63, 3.8) is 0 Å². The molecule has 2 rings (SSSR count). The van der Waals surface area contributed by atoms with Crippen LogP contribution in [0.15, 0.2) is 43.0 Å². The topological polar surface area (TPSA) is 102 Å². The minimum Gasteiger partial charge on any atom is -0.350 e. The molecule has 1 aromatic carbocycles. The van der Waals surface area contributed by atoms with Crippen molar-refractivity contribution in [3.8, 4) is 0 Å². The Morgan fingerprint density at radius 2 is 1.92 bits per heavy atom. The zero-order chi connectivity index (χ0) is 18.2. The number of carbonyl (C=O) groups excluding carboxylic acids is 2. The molecular weight excluding hydrogens is 318 g/mol. The van der Waals surface area contributed by atoms with E-state index in [2.05, 4.69) is 15.6 Å². The number of imidazole rings is 1. The molecule has 0 aliphatic carbocycles. The van der Waals surface area contributed by atoms with Crippen molar-refractivity contribution in [1.29, 1.82) is 0 Å². The molecule has 0 spiro atoms. The second-order valence-electron chi connectivity index (χ2n) is 6.27. The Kier molecular flexibility index (Phi) is 6.71. The number of amides is 2. The molecule has 134 valence electrons. The van der Waals surface area contributed by atoms with Gasteiger partial charge >= 0.3 is 0 Å². The largest absolute Gasteiger partial charge is 0.350 e. The summed E-state index contributed by atoms with van der Waals surface area (Å²) in [5.74, 6) is -0.537. The second-order valence-corrected chi connectivity index (χ2v) is 6.27. The van der Waals surface area contributed by atoms with Gasteiger partial charge < -0.3 is 20.9 Å². The maximum absolute atomic E-state index is 12.0. The lowest BCUT2D eigenvalue weighted by Gasteiger charge is -2.15. The lowest BCUT2D eigenvalue weighted by Crippen LogP contribution is -2.47. The van der Waals surface area contributed by atoms with E-state index in [4.69, 9.17) is 5.73 Å². The predicted molar refractivity (Wildman–Crippen MR) is 95.4 cm³/mol. The Morgan fingerprint density at radius 3 is 2.56 bits per heavy atom. The highest BCUT2D eigenvalue weighted by molar-refractivity contribution is 5.87. The van der Waals surface area contributed by atoms with E-state index < -0.39 is 6.04 Å². The van der Waals surface area contributed by atoms with E-state index in [1.54, 1.807) is 12.5 Å². The molecule has 7 nitrogen and oxygen atoms in total. The molecule has 0 saturated heterocycles. The SMILES string of the molecule is CC(C)[C@H](N)C(=O)NCC(=O)NCc1ccccc1Cn1ccnc1. The van der Waals surface area contributed by atoms with Crippen molar-refractivity contribution in [1.82, 2.24) is 20.2 Å². The Hall–Kier alpha value is -2.67. The summed E-state index contributed by atoms with van der Waals surface area (Å²) in [6.07, 6.45) is 5.38. The van der Waals surface area contributed by atoms with E-state index in [0.717, 1.165) is 11.1 Å². The molecule has 4 N–H and O–H groups in total. The van der Waals surface area contributed by atoms with Gasteiger partial charge in [0.1, 0.15) is 0 Å². The highest BCUT2D eigenvalue weighted by Gasteiger charge is 2.17. The van der Waals surface area contributed by atoms with Crippen LogP contribution in [0.1, 0.15) is 25.0 Å². The van der Waals surface area contributed by atoms with Crippen molar-refractivity contribution in [2.75, 3.05) is 6.54 Å². The van der Waals surface area contributed by atoms with E-state index in [0.29, 0.717) is 13.1 Å². The molecule has 0 saturated carbocycles. The van der Waals surface area contributed by atoms with Gasteiger partial charge in [0.15, 0.2) is 0 Å². The number of nitrogens with two attached hydrogens (primary N) is 1. The van der Waals surface area contributed by atoms with Crippen LogP contribution in [0.2, 0.25) is 0 Å². The quantitative estimate of drug-likeness (QED) is 0.655. The van der Waals surface area contributed by atoms with Gasteiger partial charge in [-0.1, -0.05) is 38.1 Å². The van der Waals surface area contributed by atoms with E-state index >= 15 is 0 Å². The molecule has 0 bridgehead atoms. The van der Waals surface area contributed by atoms with Crippen molar-refractivity contribution in [2.24, 2.45) is 11.7 Å². The first-order chi connectivity index (χ1) is 12.0. The van der Waals surface area contributed by atoms with Gasteiger partial charge in [-0.15, -0.1) is 0 Å². The van der Waals surface area contributed by atoms with Gasteiger partial charge in [-0.2, -0.15) is 0 Å². The Balaban J connectivity index is 1.85. The lowest BCUT2D eigenvalue weighted by atomic mass is 10.1. The van der Waals surface area contributed by atoms with Crippen molar-refractivity contribution < 1.29 is 9.59 Å². The first kappa shape index (κ1) is 18.7. The molecular formula is C18H25N5O2. The Bertz CT molecular complexity index is 697. The third kappa shape index (κ3) is 5.72. The van der Waals surface area contributed by atoms with Gasteiger partial charge in [0.2, 0.25) is 11.8 Å². The number of nitrogens with zero attached hydrogens (tertiary/aromatic N) is 2. The van der Waals surface area contributed by atoms with Gasteiger partial charge in [-0.25, -0.2) is 4.98 Å². The van der Waals surface area contributed by atoms with Crippen LogP contribution >= 0.6 is 0 Å². The van der Waals surface area contributed by atoms with Crippen LogP contribution in [0.5, 0.6) is 0 Å². The van der Waals surface area contributed by atoms with Gasteiger partial charge in [-0.3, -0.25) is 9.59 Å². The van der Waals surface area contributed by atoms with Crippen LogP contribution in [-0.2, 0) is 22.7 Å². The fourth-order valence-electron chi connectivity index (χ4n) is 2.31. The summed E-state index contributed by atoms with van der Waals surface area (Å²) in [4.78, 5) is 27.8. The smallest absolute Gasteiger partial charge is 0.239 e. The normalized spacial score (nSPS) is 12.0. The summed E-state index contributed by atoms with van der Waals surface area (Å²) < 4.78 is 1.97. The van der Waals surface area contributed by atoms with Crippen LogP contribution in [0, 0.1) is 5.92 Å². The number of aromatic nitrogens is 2. The average Bonchev–Trinajstić information content (AvgIpc) is 3.11. The van der Waals surface area contributed by atoms with Crippen molar-refractivity contribution in [2.45, 2.75) is 33.0 Å². The van der Waals surface area contributed by atoms with Crippen LogP contribution in [0.25, 0.3) is 0 Å². The lowest BCUT2D eigenvalue weighted by molar-refractivity contribution is -0.127. The van der Waals surface area contributed by atoms with Crippen LogP contribution < -0.4 is 16.4 Å². The van der Waals surface area contributed by atoms with E-state index in [1.165, 1.54) is 0 Å². The molecule has 1 heterocycles. The number of carbonyl (C=O) groups is 2. The summed E-state index contributed by atoms with van der Waals surface area (Å²) in [6.45, 7) is 4.73. The van der Waals surface area contributed by atoms with Crippen LogP contribution in [0.3, 0.4) is 0 Å². The minimum absolute atomic E-state index is 0.0260. The fraction of sp³-hybridized carbons (Fsp3) is 0.389. The second kappa shape index (κ2) is 8.98. The van der Waals surface area contributed by atoms with Gasteiger partial charge in [0.25, 0.3) is 0 Å². The third-order valence-corrected chi connectivity index (χ3v) is 3.95. The molecule has 0 aliphatic rings. The molecule has 0 unspecified atom stereocenters. The maximum Gasteiger partial charge on any atom is 0.239 e. The standard InChI is InChI=1S/C18H25N5O2/c1-13(2)17(19)18(25)22-10-16(24)21-9-14-5-3-4-6-15(14)11-23-8-7-20-12-23/h3-8,12-13,17H,9-11,19H2,1-2H3,(H,21,24)(H,22,25)/t17-/m0/s1. The first-order valence-electron chi connectivity index (χ1n) is 8.30. The Labute approximate surface area is 147 Å². The molecule has 0 aliphatic heterocycles. The number of hydrogen-bond donors (Lipinski definition) is 3. The predicted octanol–water partition coefficient (Wildman–Crippen LogP) is 0.647. The highest BCUT2D eigenvalue weighted by Crippen LogP contribution is 2.10. The zero-order valence-corrected chi connectivity index (χ0v) is 14.6. The van der Waals surface area contributed by atoms with Gasteiger partial charge in [0.05, 0.1) is 18.9 Å². The zero-order valence-electron chi connectivity index (χ0n) is 14.6. The number of hydrogen-bond acceptors (Lipinski definition) is 4. The van der Waals surface area contributed by atoms with E-state index in [-0.39, 0.29) is 24.3 Å². The molecule has 7 heteroatoms. The number of benzene rings is 1. The third-order valence-electron chi connectivity index (χ3n) is 3.95. The monoisotopic (exact) mass is 343 g/mol.